The minimum Gasteiger partial charge on any atom is -0.391 e. The van der Waals surface area contributed by atoms with Crippen molar-refractivity contribution in [3.8, 4) is 0 Å². The number of nitrogens with zero attached hydrogens (tertiary/aromatic N) is 2. The minimum absolute atomic E-state index is 0.00843. The topological polar surface area (TPSA) is 96.5 Å². The van der Waals surface area contributed by atoms with Crippen LogP contribution in [0, 0.1) is 0 Å². The number of pyridine rings is 1. The van der Waals surface area contributed by atoms with Crippen LogP contribution < -0.4 is 10.0 Å². The molecule has 94 valence electrons. The molecule has 7 heteroatoms. The first-order chi connectivity index (χ1) is 7.98. The fourth-order valence-corrected chi connectivity index (χ4v) is 2.69. The summed E-state index contributed by atoms with van der Waals surface area (Å²) < 4.78 is 22.9. The maximum Gasteiger partial charge on any atom is 0.241 e. The Morgan fingerprint density at radius 2 is 2.29 bits per heavy atom. The summed E-state index contributed by atoms with van der Waals surface area (Å²) in [6.07, 6.45) is 2.61. The number of hydrogen-bond acceptors (Lipinski definition) is 5. The Bertz CT molecular complexity index is 503. The highest BCUT2D eigenvalue weighted by Gasteiger charge is 2.24. The molecule has 0 spiro atoms. The SMILES string of the molecule is NS(=O)(=O)c1cccnc1N1CCCC(O)C1. The highest BCUT2D eigenvalue weighted by molar-refractivity contribution is 7.89. The van der Waals surface area contributed by atoms with E-state index in [9.17, 15) is 13.5 Å². The van der Waals surface area contributed by atoms with Gasteiger partial charge in [0.25, 0.3) is 0 Å². The maximum atomic E-state index is 11.4. The Hall–Kier alpha value is -1.18. The van der Waals surface area contributed by atoms with Crippen LogP contribution >= 0.6 is 0 Å². The van der Waals surface area contributed by atoms with Gasteiger partial charge in [-0.1, -0.05) is 0 Å². The molecule has 1 atom stereocenters. The van der Waals surface area contributed by atoms with E-state index in [-0.39, 0.29) is 4.90 Å². The number of piperidine rings is 1. The zero-order chi connectivity index (χ0) is 12.5. The summed E-state index contributed by atoms with van der Waals surface area (Å²) in [5.74, 6) is 0.328. The van der Waals surface area contributed by atoms with Crippen LogP contribution in [0.2, 0.25) is 0 Å². The number of aliphatic hydroxyl groups excluding tert-OH is 1. The first-order valence-corrected chi connectivity index (χ1v) is 6.94. The summed E-state index contributed by atoms with van der Waals surface area (Å²) in [6.45, 7) is 1.07. The van der Waals surface area contributed by atoms with Crippen molar-refractivity contribution in [3.63, 3.8) is 0 Å². The van der Waals surface area contributed by atoms with E-state index in [2.05, 4.69) is 4.98 Å². The van der Waals surface area contributed by atoms with Crippen LogP contribution in [-0.2, 0) is 10.0 Å². The number of aliphatic hydroxyl groups is 1. The maximum absolute atomic E-state index is 11.4. The van der Waals surface area contributed by atoms with Gasteiger partial charge in [-0.05, 0) is 25.0 Å². The smallest absolute Gasteiger partial charge is 0.241 e. The van der Waals surface area contributed by atoms with Gasteiger partial charge >= 0.3 is 0 Å². The lowest BCUT2D eigenvalue weighted by Crippen LogP contribution is -2.39. The number of anilines is 1. The summed E-state index contributed by atoms with van der Waals surface area (Å²) in [4.78, 5) is 5.83. The van der Waals surface area contributed by atoms with Crippen LogP contribution in [0.4, 0.5) is 5.82 Å². The third-order valence-corrected chi connectivity index (χ3v) is 3.69. The van der Waals surface area contributed by atoms with Crippen molar-refractivity contribution in [2.45, 2.75) is 23.8 Å². The van der Waals surface area contributed by atoms with Gasteiger partial charge < -0.3 is 10.0 Å². The molecule has 1 aromatic heterocycles. The number of β-amino-alcohol motifs (C(OH)–C–C–N with tert-alkyl or cyclic N) is 1. The summed E-state index contributed by atoms with van der Waals surface area (Å²) >= 11 is 0. The van der Waals surface area contributed by atoms with Gasteiger partial charge in [0, 0.05) is 19.3 Å². The van der Waals surface area contributed by atoms with Crippen molar-refractivity contribution < 1.29 is 13.5 Å². The van der Waals surface area contributed by atoms with Gasteiger partial charge in [-0.3, -0.25) is 0 Å². The van der Waals surface area contributed by atoms with Crippen LogP contribution in [0.1, 0.15) is 12.8 Å². The van der Waals surface area contributed by atoms with Crippen LogP contribution in [0.25, 0.3) is 0 Å². The Kier molecular flexibility index (Phi) is 3.32. The van der Waals surface area contributed by atoms with E-state index in [1.807, 2.05) is 0 Å². The Labute approximate surface area is 100 Å². The number of hydrogen-bond donors (Lipinski definition) is 2. The Morgan fingerprint density at radius 1 is 1.53 bits per heavy atom. The molecule has 0 bridgehead atoms. The van der Waals surface area contributed by atoms with E-state index in [4.69, 9.17) is 5.14 Å². The largest absolute Gasteiger partial charge is 0.391 e. The van der Waals surface area contributed by atoms with Crippen LogP contribution in [0.3, 0.4) is 0 Å². The third kappa shape index (κ3) is 2.74. The molecule has 2 rings (SSSR count). The molecule has 6 nitrogen and oxygen atoms in total. The molecule has 0 aliphatic carbocycles. The van der Waals surface area contributed by atoms with Gasteiger partial charge in [-0.2, -0.15) is 0 Å². The molecule has 17 heavy (non-hydrogen) atoms. The summed E-state index contributed by atoms with van der Waals surface area (Å²) in [5, 5.41) is 14.7. The van der Waals surface area contributed by atoms with Gasteiger partial charge in [0.2, 0.25) is 10.0 Å². The van der Waals surface area contributed by atoms with Gasteiger partial charge in [-0.15, -0.1) is 0 Å². The normalized spacial score (nSPS) is 21.5. The molecule has 1 aromatic rings. The van der Waals surface area contributed by atoms with E-state index in [1.54, 1.807) is 4.90 Å². The van der Waals surface area contributed by atoms with Gasteiger partial charge in [-0.25, -0.2) is 18.5 Å². The van der Waals surface area contributed by atoms with E-state index >= 15 is 0 Å². The molecule has 3 N–H and O–H groups in total. The molecule has 0 radical (unpaired) electrons. The summed E-state index contributed by atoms with van der Waals surface area (Å²) in [6, 6.07) is 2.96. The molecule has 0 aromatic carbocycles. The fraction of sp³-hybridized carbons (Fsp3) is 0.500. The second-order valence-electron chi connectivity index (χ2n) is 4.11. The lowest BCUT2D eigenvalue weighted by Gasteiger charge is -2.31. The number of aromatic nitrogens is 1. The van der Waals surface area contributed by atoms with E-state index < -0.39 is 16.1 Å². The average molecular weight is 257 g/mol. The molecule has 1 fully saturated rings. The molecule has 2 heterocycles. The zero-order valence-corrected chi connectivity index (χ0v) is 10.1. The predicted molar refractivity (Wildman–Crippen MR) is 63.1 cm³/mol. The first kappa shape index (κ1) is 12.3. The highest BCUT2D eigenvalue weighted by Crippen LogP contribution is 2.24. The van der Waals surface area contributed by atoms with Crippen molar-refractivity contribution >= 4 is 15.8 Å². The van der Waals surface area contributed by atoms with Crippen LogP contribution in [0.15, 0.2) is 23.2 Å². The number of primary sulfonamides is 1. The summed E-state index contributed by atoms with van der Waals surface area (Å²) in [7, 11) is -3.79. The predicted octanol–water partition coefficient (Wildman–Crippen LogP) is -0.310. The molecule has 1 aliphatic heterocycles. The lowest BCUT2D eigenvalue weighted by atomic mass is 10.1. The van der Waals surface area contributed by atoms with Gasteiger partial charge in [0.05, 0.1) is 6.10 Å². The van der Waals surface area contributed by atoms with Crippen LogP contribution in [0.5, 0.6) is 0 Å². The monoisotopic (exact) mass is 257 g/mol. The Balaban J connectivity index is 2.38. The van der Waals surface area contributed by atoms with E-state index in [0.29, 0.717) is 18.9 Å². The molecule has 0 amide bonds. The highest BCUT2D eigenvalue weighted by atomic mass is 32.2. The zero-order valence-electron chi connectivity index (χ0n) is 9.28. The quantitative estimate of drug-likeness (QED) is 0.757. The third-order valence-electron chi connectivity index (χ3n) is 2.75. The molecule has 1 saturated heterocycles. The van der Waals surface area contributed by atoms with Crippen LogP contribution in [-0.4, -0.2) is 37.7 Å². The lowest BCUT2D eigenvalue weighted by molar-refractivity contribution is 0.153. The minimum atomic E-state index is -3.79. The molecule has 1 aliphatic rings. The standard InChI is InChI=1S/C10H15N3O3S/c11-17(15,16)9-4-1-5-12-10(9)13-6-2-3-8(14)7-13/h1,4-5,8,14H,2-3,6-7H2,(H2,11,15,16). The van der Waals surface area contributed by atoms with Crippen molar-refractivity contribution in [3.05, 3.63) is 18.3 Å². The number of sulfonamides is 1. The number of nitrogens with two attached hydrogens (primary N) is 1. The number of rotatable bonds is 2. The van der Waals surface area contributed by atoms with Crippen molar-refractivity contribution in [1.29, 1.82) is 0 Å². The average Bonchev–Trinajstić information content (AvgIpc) is 2.28. The molecule has 1 unspecified atom stereocenters. The molecular weight excluding hydrogens is 242 g/mol. The second-order valence-corrected chi connectivity index (χ2v) is 5.64. The van der Waals surface area contributed by atoms with E-state index in [0.717, 1.165) is 12.8 Å². The van der Waals surface area contributed by atoms with E-state index in [1.165, 1.54) is 18.3 Å². The fourth-order valence-electron chi connectivity index (χ4n) is 1.99. The van der Waals surface area contributed by atoms with Crippen molar-refractivity contribution in [2.75, 3.05) is 18.0 Å². The van der Waals surface area contributed by atoms with Crippen molar-refractivity contribution in [1.82, 2.24) is 4.98 Å². The van der Waals surface area contributed by atoms with Crippen molar-refractivity contribution in [2.24, 2.45) is 5.14 Å². The summed E-state index contributed by atoms with van der Waals surface area (Å²) in [5.41, 5.74) is 0. The molecular formula is C10H15N3O3S. The Morgan fingerprint density at radius 3 is 2.94 bits per heavy atom. The second kappa shape index (κ2) is 4.59. The first-order valence-electron chi connectivity index (χ1n) is 5.39. The van der Waals surface area contributed by atoms with Gasteiger partial charge in [0.15, 0.2) is 0 Å². The van der Waals surface area contributed by atoms with Gasteiger partial charge in [0.1, 0.15) is 10.7 Å². The molecule has 0 saturated carbocycles.